The lowest BCUT2D eigenvalue weighted by Gasteiger charge is -2.18. The number of nitrogen functional groups attached to an aromatic ring is 1. The largest absolute Gasteiger partial charge is 0.454 e. The Bertz CT molecular complexity index is 989. The molecule has 3 aromatic rings. The third-order valence-corrected chi connectivity index (χ3v) is 5.29. The number of imidazole rings is 1. The standard InChI is InChI=1S/C17H21N7O2S/c1-19-4-5-24-16-14(15(18)20-8-21-16)22-17(24)27-13-7-12-11(25-9-26-12)6-10(13)23(2)3/h6-8,19H,4-5,9H2,1-3H3,(H2,18,20,21). The van der Waals surface area contributed by atoms with E-state index in [2.05, 4.69) is 19.9 Å². The van der Waals surface area contributed by atoms with Crippen LogP contribution in [-0.4, -0.2) is 54.0 Å². The van der Waals surface area contributed by atoms with E-state index >= 15 is 0 Å². The minimum absolute atomic E-state index is 0.239. The van der Waals surface area contributed by atoms with Gasteiger partial charge >= 0.3 is 0 Å². The van der Waals surface area contributed by atoms with Gasteiger partial charge in [-0.3, -0.25) is 0 Å². The second-order valence-corrected chi connectivity index (χ2v) is 7.26. The van der Waals surface area contributed by atoms with Crippen molar-refractivity contribution in [2.75, 3.05) is 45.1 Å². The summed E-state index contributed by atoms with van der Waals surface area (Å²) < 4.78 is 13.1. The molecule has 0 amide bonds. The number of hydrogen-bond acceptors (Lipinski definition) is 9. The topological polar surface area (TPSA) is 103 Å². The number of rotatable bonds is 6. The van der Waals surface area contributed by atoms with Crippen LogP contribution in [0.2, 0.25) is 0 Å². The fraction of sp³-hybridized carbons (Fsp3) is 0.353. The van der Waals surface area contributed by atoms with Gasteiger partial charge in [0.25, 0.3) is 0 Å². The number of nitrogens with zero attached hydrogens (tertiary/aromatic N) is 5. The highest BCUT2D eigenvalue weighted by molar-refractivity contribution is 7.99. The molecule has 0 unspecified atom stereocenters. The Morgan fingerprint density at radius 3 is 2.78 bits per heavy atom. The summed E-state index contributed by atoms with van der Waals surface area (Å²) in [5.41, 5.74) is 8.38. The molecular weight excluding hydrogens is 366 g/mol. The zero-order valence-electron chi connectivity index (χ0n) is 15.4. The van der Waals surface area contributed by atoms with Crippen LogP contribution >= 0.6 is 11.8 Å². The summed E-state index contributed by atoms with van der Waals surface area (Å²) >= 11 is 1.54. The smallest absolute Gasteiger partial charge is 0.231 e. The Kier molecular flexibility index (Phi) is 4.66. The monoisotopic (exact) mass is 387 g/mol. The molecule has 9 nitrogen and oxygen atoms in total. The summed E-state index contributed by atoms with van der Waals surface area (Å²) in [5, 5.41) is 3.96. The van der Waals surface area contributed by atoms with Gasteiger partial charge in [0.2, 0.25) is 6.79 Å². The van der Waals surface area contributed by atoms with E-state index in [1.165, 1.54) is 6.33 Å². The fourth-order valence-corrected chi connectivity index (χ4v) is 4.01. The number of hydrogen-bond donors (Lipinski definition) is 2. The van der Waals surface area contributed by atoms with Crippen LogP contribution in [0.25, 0.3) is 11.2 Å². The van der Waals surface area contributed by atoms with Gasteiger partial charge in [0, 0.05) is 44.2 Å². The molecule has 10 heteroatoms. The first-order valence-corrected chi connectivity index (χ1v) is 9.30. The van der Waals surface area contributed by atoms with Gasteiger partial charge in [-0.15, -0.1) is 0 Å². The first-order chi connectivity index (χ1) is 13.1. The van der Waals surface area contributed by atoms with Crippen molar-refractivity contribution in [3.63, 3.8) is 0 Å². The molecule has 1 aromatic carbocycles. The van der Waals surface area contributed by atoms with Crippen LogP contribution in [0.4, 0.5) is 11.5 Å². The van der Waals surface area contributed by atoms with Crippen molar-refractivity contribution >= 4 is 34.4 Å². The van der Waals surface area contributed by atoms with E-state index in [4.69, 9.17) is 20.2 Å². The van der Waals surface area contributed by atoms with Crippen LogP contribution < -0.4 is 25.4 Å². The molecule has 142 valence electrons. The second-order valence-electron chi connectivity index (χ2n) is 6.25. The van der Waals surface area contributed by atoms with E-state index in [0.29, 0.717) is 17.9 Å². The average Bonchev–Trinajstić information content (AvgIpc) is 3.24. The van der Waals surface area contributed by atoms with Gasteiger partial charge in [0.1, 0.15) is 6.33 Å². The molecule has 0 aliphatic carbocycles. The van der Waals surface area contributed by atoms with Crippen LogP contribution in [0.1, 0.15) is 0 Å². The van der Waals surface area contributed by atoms with Gasteiger partial charge in [0.05, 0.1) is 5.69 Å². The lowest BCUT2D eigenvalue weighted by molar-refractivity contribution is 0.174. The van der Waals surface area contributed by atoms with Crippen molar-refractivity contribution in [3.05, 3.63) is 18.5 Å². The summed E-state index contributed by atoms with van der Waals surface area (Å²) in [6, 6.07) is 3.97. The maximum atomic E-state index is 6.02. The molecule has 0 atom stereocenters. The van der Waals surface area contributed by atoms with Crippen molar-refractivity contribution < 1.29 is 9.47 Å². The molecule has 0 radical (unpaired) electrons. The van der Waals surface area contributed by atoms with E-state index in [0.717, 1.165) is 39.4 Å². The highest BCUT2D eigenvalue weighted by atomic mass is 32.2. The molecule has 3 heterocycles. The van der Waals surface area contributed by atoms with Gasteiger partial charge in [-0.25, -0.2) is 15.0 Å². The van der Waals surface area contributed by atoms with E-state index < -0.39 is 0 Å². The highest BCUT2D eigenvalue weighted by Crippen LogP contribution is 2.44. The molecule has 27 heavy (non-hydrogen) atoms. The average molecular weight is 387 g/mol. The molecule has 0 bridgehead atoms. The van der Waals surface area contributed by atoms with Crippen LogP contribution in [0.15, 0.2) is 28.5 Å². The first kappa shape index (κ1) is 17.7. The van der Waals surface area contributed by atoms with E-state index in [1.807, 2.05) is 38.2 Å². The molecule has 0 saturated carbocycles. The van der Waals surface area contributed by atoms with Gasteiger partial charge < -0.3 is 30.0 Å². The van der Waals surface area contributed by atoms with Crippen molar-refractivity contribution in [1.82, 2.24) is 24.8 Å². The molecular formula is C17H21N7O2S. The summed E-state index contributed by atoms with van der Waals surface area (Å²) in [4.78, 5) is 16.2. The molecule has 1 aliphatic heterocycles. The number of aromatic nitrogens is 4. The third-order valence-electron chi connectivity index (χ3n) is 4.25. The minimum Gasteiger partial charge on any atom is -0.454 e. The van der Waals surface area contributed by atoms with Crippen LogP contribution in [0, 0.1) is 0 Å². The fourth-order valence-electron chi connectivity index (χ4n) is 2.88. The van der Waals surface area contributed by atoms with Crippen LogP contribution in [-0.2, 0) is 6.54 Å². The molecule has 3 N–H and O–H groups in total. The third kappa shape index (κ3) is 3.21. The van der Waals surface area contributed by atoms with Crippen molar-refractivity contribution in [2.24, 2.45) is 0 Å². The molecule has 0 spiro atoms. The maximum absolute atomic E-state index is 6.02. The number of likely N-dealkylation sites (N-methyl/N-ethyl adjacent to an activating group) is 1. The van der Waals surface area contributed by atoms with E-state index in [-0.39, 0.29) is 6.79 Å². The maximum Gasteiger partial charge on any atom is 0.231 e. The molecule has 4 rings (SSSR count). The predicted octanol–water partition coefficient (Wildman–Crippen LogP) is 1.57. The highest BCUT2D eigenvalue weighted by Gasteiger charge is 2.22. The Morgan fingerprint density at radius 1 is 1.26 bits per heavy atom. The Hall–Kier alpha value is -2.72. The number of benzene rings is 1. The molecule has 0 saturated heterocycles. The number of ether oxygens (including phenoxy) is 2. The van der Waals surface area contributed by atoms with Crippen LogP contribution in [0.5, 0.6) is 11.5 Å². The zero-order chi connectivity index (χ0) is 19.0. The molecule has 1 aliphatic rings. The van der Waals surface area contributed by atoms with Gasteiger partial charge in [0.15, 0.2) is 33.6 Å². The SMILES string of the molecule is CNCCn1c(Sc2cc3c(cc2N(C)C)OCO3)nc2c(N)ncnc21. The quantitative estimate of drug-likeness (QED) is 0.652. The van der Waals surface area contributed by atoms with Crippen molar-refractivity contribution in [2.45, 2.75) is 16.6 Å². The lowest BCUT2D eigenvalue weighted by Crippen LogP contribution is -2.16. The van der Waals surface area contributed by atoms with Crippen LogP contribution in [0.3, 0.4) is 0 Å². The Morgan fingerprint density at radius 2 is 2.04 bits per heavy atom. The van der Waals surface area contributed by atoms with Crippen molar-refractivity contribution in [1.29, 1.82) is 0 Å². The number of anilines is 2. The predicted molar refractivity (Wildman–Crippen MR) is 105 cm³/mol. The Labute approximate surface area is 160 Å². The van der Waals surface area contributed by atoms with Crippen molar-refractivity contribution in [3.8, 4) is 11.5 Å². The Balaban J connectivity index is 1.80. The second kappa shape index (κ2) is 7.12. The summed E-state index contributed by atoms with van der Waals surface area (Å²) in [6.45, 7) is 1.74. The molecule has 2 aromatic heterocycles. The number of fused-ring (bicyclic) bond motifs is 2. The summed E-state index contributed by atoms with van der Waals surface area (Å²) in [6.07, 6.45) is 1.47. The van der Waals surface area contributed by atoms with Gasteiger partial charge in [-0.1, -0.05) is 0 Å². The van der Waals surface area contributed by atoms with Gasteiger partial charge in [-0.2, -0.15) is 0 Å². The lowest BCUT2D eigenvalue weighted by atomic mass is 10.2. The number of nitrogens with one attached hydrogen (secondary N) is 1. The van der Waals surface area contributed by atoms with E-state index in [9.17, 15) is 0 Å². The molecule has 0 fully saturated rings. The first-order valence-electron chi connectivity index (χ1n) is 8.48. The van der Waals surface area contributed by atoms with Gasteiger partial charge in [-0.05, 0) is 18.8 Å². The summed E-state index contributed by atoms with van der Waals surface area (Å²) in [5.74, 6) is 1.87. The van der Waals surface area contributed by atoms with E-state index in [1.54, 1.807) is 11.8 Å². The minimum atomic E-state index is 0.239. The normalized spacial score (nSPS) is 12.7. The summed E-state index contributed by atoms with van der Waals surface area (Å²) in [7, 11) is 5.90. The zero-order valence-corrected chi connectivity index (χ0v) is 16.2. The number of nitrogens with two attached hydrogens (primary N) is 1.